The van der Waals surface area contributed by atoms with Crippen molar-refractivity contribution in [3.05, 3.63) is 22.9 Å². The zero-order valence-corrected chi connectivity index (χ0v) is 17.1. The maximum absolute atomic E-state index is 13.2. The van der Waals surface area contributed by atoms with Gasteiger partial charge in [0.2, 0.25) is 11.8 Å². The molecule has 0 radical (unpaired) electrons. The molecule has 3 heterocycles. The van der Waals surface area contributed by atoms with Crippen LogP contribution in [-0.4, -0.2) is 54.7 Å². The van der Waals surface area contributed by atoms with Crippen molar-refractivity contribution >= 4 is 5.91 Å². The number of ether oxygens (including phenoxy) is 2. The number of hydrogen-bond donors (Lipinski definition) is 1. The minimum absolute atomic E-state index is 0.00789. The Balaban J connectivity index is 1.41. The smallest absolute Gasteiger partial charge is 0.433 e. The van der Waals surface area contributed by atoms with Crippen molar-refractivity contribution in [1.29, 1.82) is 0 Å². The highest BCUT2D eigenvalue weighted by atomic mass is 19.4. The number of aromatic nitrogens is 1. The van der Waals surface area contributed by atoms with Crippen molar-refractivity contribution in [3.63, 3.8) is 0 Å². The summed E-state index contributed by atoms with van der Waals surface area (Å²) in [5.41, 5.74) is 0.165. The molecule has 1 aromatic heterocycles. The first-order valence-electron chi connectivity index (χ1n) is 10.6. The Hall–Kier alpha value is -1.87. The third kappa shape index (κ3) is 4.56. The molecule has 4 rings (SSSR count). The normalized spacial score (nSPS) is 25.3. The molecule has 3 aliphatic rings. The highest BCUT2D eigenvalue weighted by molar-refractivity contribution is 5.79. The fourth-order valence-electron chi connectivity index (χ4n) is 4.85. The zero-order valence-electron chi connectivity index (χ0n) is 17.1. The summed E-state index contributed by atoms with van der Waals surface area (Å²) >= 11 is 0. The Morgan fingerprint density at radius 2 is 2.00 bits per heavy atom. The third-order valence-corrected chi connectivity index (χ3v) is 6.44. The summed E-state index contributed by atoms with van der Waals surface area (Å²) in [4.78, 5) is 18.4. The molecule has 30 heavy (non-hydrogen) atoms. The molecule has 1 saturated carbocycles. The summed E-state index contributed by atoms with van der Waals surface area (Å²) in [5, 5.41) is 3.66. The van der Waals surface area contributed by atoms with Crippen molar-refractivity contribution in [1.82, 2.24) is 15.2 Å². The molecule has 1 N–H and O–H groups in total. The van der Waals surface area contributed by atoms with E-state index in [1.54, 1.807) is 4.90 Å². The van der Waals surface area contributed by atoms with E-state index >= 15 is 0 Å². The second-order valence-electron chi connectivity index (χ2n) is 8.42. The van der Waals surface area contributed by atoms with Crippen molar-refractivity contribution < 1.29 is 27.4 Å². The van der Waals surface area contributed by atoms with Gasteiger partial charge in [0.15, 0.2) is 0 Å². The van der Waals surface area contributed by atoms with Crippen molar-refractivity contribution in [3.8, 4) is 5.88 Å². The van der Waals surface area contributed by atoms with Crippen LogP contribution in [0.2, 0.25) is 0 Å². The van der Waals surface area contributed by atoms with E-state index in [1.807, 2.05) is 0 Å². The van der Waals surface area contributed by atoms with E-state index in [2.05, 4.69) is 10.3 Å². The number of amides is 1. The molecule has 2 unspecified atom stereocenters. The predicted octanol–water partition coefficient (Wildman–Crippen LogP) is 2.93. The summed E-state index contributed by atoms with van der Waals surface area (Å²) in [7, 11) is 1.32. The largest absolute Gasteiger partial charge is 0.481 e. The quantitative estimate of drug-likeness (QED) is 0.801. The van der Waals surface area contributed by atoms with Gasteiger partial charge >= 0.3 is 6.18 Å². The molecule has 2 aliphatic heterocycles. The lowest BCUT2D eigenvalue weighted by molar-refractivity contribution is -0.141. The zero-order chi connectivity index (χ0) is 21.3. The fourth-order valence-corrected chi connectivity index (χ4v) is 4.85. The molecule has 0 aromatic carbocycles. The molecule has 2 fully saturated rings. The third-order valence-electron chi connectivity index (χ3n) is 6.44. The van der Waals surface area contributed by atoms with Gasteiger partial charge in [-0.1, -0.05) is 0 Å². The number of carbonyl (C=O) groups is 1. The number of nitrogens with zero attached hydrogens (tertiary/aromatic N) is 2. The maximum atomic E-state index is 13.2. The molecule has 1 aromatic rings. The molecule has 0 bridgehead atoms. The monoisotopic (exact) mass is 427 g/mol. The van der Waals surface area contributed by atoms with Crippen LogP contribution in [0, 0.1) is 5.92 Å². The Morgan fingerprint density at radius 3 is 2.70 bits per heavy atom. The molecule has 9 heteroatoms. The molecule has 166 valence electrons. The number of methoxy groups -OCH3 is 1. The van der Waals surface area contributed by atoms with Gasteiger partial charge in [-0.25, -0.2) is 4.98 Å². The van der Waals surface area contributed by atoms with Crippen molar-refractivity contribution in [2.24, 2.45) is 5.92 Å². The number of alkyl halides is 3. The molecular formula is C21H28F3N3O3. The summed E-state index contributed by atoms with van der Waals surface area (Å²) < 4.78 is 50.1. The number of hydrogen-bond acceptors (Lipinski definition) is 5. The Kier molecular flexibility index (Phi) is 6.20. The second kappa shape index (κ2) is 8.70. The van der Waals surface area contributed by atoms with Gasteiger partial charge in [0.1, 0.15) is 5.69 Å². The molecular weight excluding hydrogens is 399 g/mol. The Morgan fingerprint density at radius 1 is 1.23 bits per heavy atom. The summed E-state index contributed by atoms with van der Waals surface area (Å²) in [6.45, 7) is 2.20. The molecule has 6 nitrogen and oxygen atoms in total. The summed E-state index contributed by atoms with van der Waals surface area (Å²) in [6, 6.07) is 1.82. The fraction of sp³-hybridized carbons (Fsp3) is 0.714. The van der Waals surface area contributed by atoms with Gasteiger partial charge in [0, 0.05) is 49.9 Å². The van der Waals surface area contributed by atoms with Gasteiger partial charge in [-0.2, -0.15) is 13.2 Å². The minimum atomic E-state index is -4.55. The number of halogens is 3. The Labute approximate surface area is 174 Å². The predicted molar refractivity (Wildman–Crippen MR) is 103 cm³/mol. The second-order valence-corrected chi connectivity index (χ2v) is 8.42. The number of nitrogens with one attached hydrogen (secondary N) is 1. The number of pyridine rings is 1. The van der Waals surface area contributed by atoms with Gasteiger partial charge in [0.25, 0.3) is 0 Å². The van der Waals surface area contributed by atoms with E-state index in [-0.39, 0.29) is 24.2 Å². The maximum Gasteiger partial charge on any atom is 0.433 e. The van der Waals surface area contributed by atoms with Gasteiger partial charge in [0.05, 0.1) is 7.11 Å². The topological polar surface area (TPSA) is 63.7 Å². The van der Waals surface area contributed by atoms with Crippen LogP contribution >= 0.6 is 0 Å². The van der Waals surface area contributed by atoms with Gasteiger partial charge in [-0.15, -0.1) is 0 Å². The first-order valence-corrected chi connectivity index (χ1v) is 10.6. The van der Waals surface area contributed by atoms with Gasteiger partial charge < -0.3 is 19.7 Å². The van der Waals surface area contributed by atoms with Gasteiger partial charge in [-0.3, -0.25) is 4.79 Å². The van der Waals surface area contributed by atoms with Crippen LogP contribution in [0.4, 0.5) is 13.2 Å². The highest BCUT2D eigenvalue weighted by Crippen LogP contribution is 2.36. The number of fused-ring (bicyclic) bond motifs is 1. The molecule has 1 saturated heterocycles. The van der Waals surface area contributed by atoms with E-state index in [4.69, 9.17) is 9.47 Å². The lowest BCUT2D eigenvalue weighted by Crippen LogP contribution is -2.42. The average molecular weight is 427 g/mol. The van der Waals surface area contributed by atoms with Crippen LogP contribution in [-0.2, 0) is 28.7 Å². The molecule has 1 aliphatic carbocycles. The standard InChI is InChI=1S/C21H28F3N3O3/c1-29-19-17-4-7-27(12-14(17)11-18(26-19)21(22,23)24)20(28)13-2-3-16(10-13)25-15-5-8-30-9-6-15/h11,13,15-16,25H,2-10,12H2,1H3. The minimum Gasteiger partial charge on any atom is -0.481 e. The molecule has 1 amide bonds. The number of carbonyl (C=O) groups excluding carboxylic acids is 1. The first-order chi connectivity index (χ1) is 14.3. The number of rotatable bonds is 4. The summed E-state index contributed by atoms with van der Waals surface area (Å²) in [6.07, 6.45) is 0.442. The van der Waals surface area contributed by atoms with Crippen molar-refractivity contribution in [2.45, 2.75) is 63.3 Å². The highest BCUT2D eigenvalue weighted by Gasteiger charge is 2.38. The van der Waals surface area contributed by atoms with Crippen LogP contribution < -0.4 is 10.1 Å². The van der Waals surface area contributed by atoms with E-state index in [1.165, 1.54) is 7.11 Å². The van der Waals surface area contributed by atoms with Crippen LogP contribution in [0.3, 0.4) is 0 Å². The Bertz CT molecular complexity index is 781. The van der Waals surface area contributed by atoms with Crippen LogP contribution in [0.5, 0.6) is 5.88 Å². The first kappa shape index (κ1) is 21.4. The van der Waals surface area contributed by atoms with Crippen LogP contribution in [0.1, 0.15) is 48.9 Å². The summed E-state index contributed by atoms with van der Waals surface area (Å²) in [5.74, 6) is -0.0236. The average Bonchev–Trinajstić information content (AvgIpc) is 3.20. The van der Waals surface area contributed by atoms with E-state index in [0.717, 1.165) is 51.4 Å². The van der Waals surface area contributed by atoms with E-state index < -0.39 is 11.9 Å². The molecule has 2 atom stereocenters. The molecule has 0 spiro atoms. The van der Waals surface area contributed by atoms with E-state index in [9.17, 15) is 18.0 Å². The van der Waals surface area contributed by atoms with Crippen LogP contribution in [0.25, 0.3) is 0 Å². The lowest BCUT2D eigenvalue weighted by Gasteiger charge is -2.32. The van der Waals surface area contributed by atoms with E-state index in [0.29, 0.717) is 36.2 Å². The SMILES string of the molecule is COc1nc(C(F)(F)F)cc2c1CCN(C(=O)C1CCC(NC3CCOCC3)C1)C2. The van der Waals surface area contributed by atoms with Gasteiger partial charge in [-0.05, 0) is 50.2 Å². The lowest BCUT2D eigenvalue weighted by atomic mass is 9.97. The van der Waals surface area contributed by atoms with Crippen molar-refractivity contribution in [2.75, 3.05) is 26.9 Å². The van der Waals surface area contributed by atoms with Crippen LogP contribution in [0.15, 0.2) is 6.07 Å².